The predicted octanol–water partition coefficient (Wildman–Crippen LogP) is -0.984. The highest BCUT2D eigenvalue weighted by molar-refractivity contribution is 6.24. The Kier molecular flexibility index (Phi) is 10.1. The second kappa shape index (κ2) is 14.4. The third kappa shape index (κ3) is 7.33. The summed E-state index contributed by atoms with van der Waals surface area (Å²) < 4.78 is 16.5. The van der Waals surface area contributed by atoms with Crippen molar-refractivity contribution < 1.29 is 43.0 Å². The molecule has 2 aromatic rings. The van der Waals surface area contributed by atoms with Gasteiger partial charge in [0.25, 0.3) is 17.7 Å². The number of nitrogens with zero attached hydrogens (tertiary/aromatic N) is 2. The summed E-state index contributed by atoms with van der Waals surface area (Å²) in [5.74, 6) is -3.12. The van der Waals surface area contributed by atoms with Crippen LogP contribution in [0.2, 0.25) is 0 Å². The van der Waals surface area contributed by atoms with E-state index in [0.29, 0.717) is 13.1 Å². The van der Waals surface area contributed by atoms with Gasteiger partial charge in [0.15, 0.2) is 6.61 Å². The van der Waals surface area contributed by atoms with Gasteiger partial charge in [0.2, 0.25) is 17.7 Å². The van der Waals surface area contributed by atoms with E-state index in [1.165, 1.54) is 18.2 Å². The smallest absolute Gasteiger partial charge is 0.266 e. The van der Waals surface area contributed by atoms with E-state index < -0.39 is 47.7 Å². The lowest BCUT2D eigenvalue weighted by Gasteiger charge is -2.42. The molecule has 0 bridgehead atoms. The van der Waals surface area contributed by atoms with E-state index in [2.05, 4.69) is 26.3 Å². The van der Waals surface area contributed by atoms with Crippen molar-refractivity contribution in [3.8, 4) is 5.75 Å². The minimum atomic E-state index is -1.10. The van der Waals surface area contributed by atoms with Crippen LogP contribution in [0.15, 0.2) is 42.6 Å². The molecule has 3 aliphatic heterocycles. The summed E-state index contributed by atoms with van der Waals surface area (Å²) in [6.45, 7) is 2.01. The maximum atomic E-state index is 13.1. The third-order valence-corrected chi connectivity index (χ3v) is 7.59. The highest BCUT2D eigenvalue weighted by Gasteiger charge is 2.46. The molecule has 0 saturated carbocycles. The molecule has 3 aliphatic rings. The zero-order valence-corrected chi connectivity index (χ0v) is 24.5. The van der Waals surface area contributed by atoms with Crippen molar-refractivity contribution in [2.75, 3.05) is 52.7 Å². The molecule has 2 fully saturated rings. The summed E-state index contributed by atoms with van der Waals surface area (Å²) in [6.07, 6.45) is 1.94. The number of amides is 6. The molecule has 6 amide bonds. The number of pyridine rings is 1. The molecule has 1 unspecified atom stereocenters. The number of hydrogen-bond donors (Lipinski definition) is 4. The number of piperidine rings is 1. The van der Waals surface area contributed by atoms with Gasteiger partial charge in [0.1, 0.15) is 17.3 Å². The lowest BCUT2D eigenvalue weighted by Crippen LogP contribution is -2.66. The number of carbonyl (C=O) groups excluding carboxylic acids is 6. The van der Waals surface area contributed by atoms with Gasteiger partial charge in [-0.05, 0) is 30.7 Å². The van der Waals surface area contributed by atoms with E-state index in [0.717, 1.165) is 10.6 Å². The number of nitrogens with one attached hydrogen (secondary N) is 4. The standard InChI is InChI=1S/C30H34N6O9/c37-23-8-7-20(27(40)34-23)36-28(41)19-4-3-5-21(26(19)29(36)42)45-16-25(39)33-11-13-44-15-14-43-12-9-24(38)35-30(17-31-18-30)22-6-1-2-10-32-22/h1-6,10,20,31H,7-9,11-18H2,(H,33,39)(H,35,38)(H,34,37,40). The molecule has 15 heteroatoms. The van der Waals surface area contributed by atoms with Gasteiger partial charge in [-0.25, -0.2) is 0 Å². The van der Waals surface area contributed by atoms with Gasteiger partial charge >= 0.3 is 0 Å². The van der Waals surface area contributed by atoms with Crippen molar-refractivity contribution in [2.24, 2.45) is 0 Å². The van der Waals surface area contributed by atoms with Crippen LogP contribution in [0.1, 0.15) is 45.7 Å². The molecular formula is C30H34N6O9. The summed E-state index contributed by atoms with van der Waals surface area (Å²) in [6, 6.07) is 8.92. The zero-order valence-electron chi connectivity index (χ0n) is 24.5. The molecule has 1 atom stereocenters. The summed E-state index contributed by atoms with van der Waals surface area (Å²) in [5, 5.41) is 11.0. The fourth-order valence-corrected chi connectivity index (χ4v) is 5.23. The van der Waals surface area contributed by atoms with Crippen LogP contribution in [0.5, 0.6) is 5.75 Å². The number of imide groups is 2. The molecule has 45 heavy (non-hydrogen) atoms. The summed E-state index contributed by atoms with van der Waals surface area (Å²) >= 11 is 0. The van der Waals surface area contributed by atoms with Gasteiger partial charge < -0.3 is 30.2 Å². The summed E-state index contributed by atoms with van der Waals surface area (Å²) in [5.41, 5.74) is 0.350. The van der Waals surface area contributed by atoms with Gasteiger partial charge in [0, 0.05) is 38.7 Å². The number of benzene rings is 1. The van der Waals surface area contributed by atoms with Crippen LogP contribution in [0.25, 0.3) is 0 Å². The van der Waals surface area contributed by atoms with Crippen molar-refractivity contribution in [3.05, 3.63) is 59.4 Å². The van der Waals surface area contributed by atoms with Gasteiger partial charge in [-0.3, -0.25) is 44.0 Å². The highest BCUT2D eigenvalue weighted by atomic mass is 16.5. The van der Waals surface area contributed by atoms with Crippen LogP contribution in [-0.4, -0.2) is 104 Å². The van der Waals surface area contributed by atoms with Gasteiger partial charge in [-0.15, -0.1) is 0 Å². The van der Waals surface area contributed by atoms with E-state index in [1.807, 2.05) is 18.2 Å². The fourth-order valence-electron chi connectivity index (χ4n) is 5.23. The van der Waals surface area contributed by atoms with Crippen LogP contribution >= 0.6 is 0 Å². The third-order valence-electron chi connectivity index (χ3n) is 7.59. The average molecular weight is 623 g/mol. The SMILES string of the molecule is O=C(COc1cccc2c1C(=O)N(C1CCC(=O)NC1=O)C2=O)NCCOCCOCCC(=O)NC1(c2ccccn2)CNC1. The van der Waals surface area contributed by atoms with Crippen LogP contribution < -0.4 is 26.0 Å². The van der Waals surface area contributed by atoms with Gasteiger partial charge in [-0.1, -0.05) is 12.1 Å². The van der Waals surface area contributed by atoms with E-state index in [-0.39, 0.29) is 75.0 Å². The molecule has 2 saturated heterocycles. The topological polar surface area (TPSA) is 194 Å². The van der Waals surface area contributed by atoms with E-state index in [1.54, 1.807) is 6.20 Å². The van der Waals surface area contributed by atoms with Gasteiger partial charge in [0.05, 0.1) is 43.2 Å². The number of ether oxygens (including phenoxy) is 3. The molecule has 15 nitrogen and oxygen atoms in total. The van der Waals surface area contributed by atoms with Crippen LogP contribution in [0, 0.1) is 0 Å². The number of carbonyl (C=O) groups is 6. The van der Waals surface area contributed by atoms with E-state index in [9.17, 15) is 28.8 Å². The maximum Gasteiger partial charge on any atom is 0.266 e. The lowest BCUT2D eigenvalue weighted by atomic mass is 9.87. The van der Waals surface area contributed by atoms with Crippen molar-refractivity contribution in [1.82, 2.24) is 31.2 Å². The second-order valence-electron chi connectivity index (χ2n) is 10.7. The molecule has 0 aliphatic carbocycles. The molecule has 1 aromatic carbocycles. The number of rotatable bonds is 15. The minimum Gasteiger partial charge on any atom is -0.483 e. The Hall–Kier alpha value is -4.73. The van der Waals surface area contributed by atoms with Crippen LogP contribution in [0.3, 0.4) is 0 Å². The van der Waals surface area contributed by atoms with Gasteiger partial charge in [-0.2, -0.15) is 0 Å². The zero-order chi connectivity index (χ0) is 31.8. The fraction of sp³-hybridized carbons (Fsp3) is 0.433. The summed E-state index contributed by atoms with van der Waals surface area (Å²) in [7, 11) is 0. The maximum absolute atomic E-state index is 13.1. The Labute approximate surface area is 258 Å². The lowest BCUT2D eigenvalue weighted by molar-refractivity contribution is -0.136. The highest BCUT2D eigenvalue weighted by Crippen LogP contribution is 2.33. The monoisotopic (exact) mass is 622 g/mol. The summed E-state index contributed by atoms with van der Waals surface area (Å²) in [4.78, 5) is 79.7. The number of fused-ring (bicyclic) bond motifs is 1. The first-order chi connectivity index (χ1) is 21.8. The Morgan fingerprint density at radius 3 is 2.47 bits per heavy atom. The Morgan fingerprint density at radius 1 is 0.956 bits per heavy atom. The van der Waals surface area contributed by atoms with Crippen molar-refractivity contribution >= 4 is 35.4 Å². The largest absolute Gasteiger partial charge is 0.483 e. The molecule has 0 radical (unpaired) electrons. The first-order valence-corrected chi connectivity index (χ1v) is 14.6. The number of hydrogen-bond acceptors (Lipinski definition) is 11. The van der Waals surface area contributed by atoms with E-state index in [4.69, 9.17) is 14.2 Å². The molecule has 0 spiro atoms. The Morgan fingerprint density at radius 2 is 1.76 bits per heavy atom. The first-order valence-electron chi connectivity index (χ1n) is 14.6. The average Bonchev–Trinajstić information content (AvgIpc) is 3.27. The minimum absolute atomic E-state index is 0.00932. The molecular weight excluding hydrogens is 588 g/mol. The van der Waals surface area contributed by atoms with Crippen molar-refractivity contribution in [3.63, 3.8) is 0 Å². The molecule has 1 aromatic heterocycles. The molecule has 4 N–H and O–H groups in total. The Balaban J connectivity index is 0.951. The quantitative estimate of drug-likeness (QED) is 0.141. The van der Waals surface area contributed by atoms with Crippen LogP contribution in [-0.2, 0) is 34.2 Å². The van der Waals surface area contributed by atoms with Crippen molar-refractivity contribution in [2.45, 2.75) is 30.8 Å². The number of aromatic nitrogens is 1. The Bertz CT molecular complexity index is 1460. The van der Waals surface area contributed by atoms with Crippen molar-refractivity contribution in [1.29, 1.82) is 0 Å². The predicted molar refractivity (Wildman–Crippen MR) is 155 cm³/mol. The molecule has 5 rings (SSSR count). The first kappa shape index (κ1) is 31.7. The molecule has 4 heterocycles. The molecule has 238 valence electrons. The van der Waals surface area contributed by atoms with Crippen LogP contribution in [0.4, 0.5) is 0 Å². The second-order valence-corrected chi connectivity index (χ2v) is 10.7. The van der Waals surface area contributed by atoms with E-state index >= 15 is 0 Å². The normalized spacial score (nSPS) is 18.6.